The Morgan fingerprint density at radius 2 is 1.78 bits per heavy atom. The molecule has 0 spiro atoms. The SMILES string of the molecule is C=C/C=C1\C(=C)CC(C)(C)c2ccc3c(C(C)(C)CC)cc1cc3c2.CC. The van der Waals surface area contributed by atoms with Crippen LogP contribution in [0.1, 0.15) is 78.0 Å². The van der Waals surface area contributed by atoms with Crippen LogP contribution in [0, 0.1) is 0 Å². The Balaban J connectivity index is 0.00000126. The molecule has 0 aromatic heterocycles. The summed E-state index contributed by atoms with van der Waals surface area (Å²) in [7, 11) is 0. The van der Waals surface area contributed by atoms with Crippen molar-refractivity contribution in [2.24, 2.45) is 0 Å². The summed E-state index contributed by atoms with van der Waals surface area (Å²) in [6.45, 7) is 24.0. The number of hydrogen-bond donors (Lipinski definition) is 0. The molecule has 0 unspecified atom stereocenters. The monoisotopic (exact) mass is 360 g/mol. The molecular weight excluding hydrogens is 324 g/mol. The van der Waals surface area contributed by atoms with Crippen LogP contribution in [0.3, 0.4) is 0 Å². The van der Waals surface area contributed by atoms with Gasteiger partial charge in [0.15, 0.2) is 0 Å². The maximum Gasteiger partial charge on any atom is -0.00630 e. The normalized spacial score (nSPS) is 17.3. The van der Waals surface area contributed by atoms with Crippen LogP contribution in [0.5, 0.6) is 0 Å². The van der Waals surface area contributed by atoms with E-state index in [2.05, 4.69) is 84.2 Å². The lowest BCUT2D eigenvalue weighted by molar-refractivity contribution is 0.510. The van der Waals surface area contributed by atoms with E-state index in [-0.39, 0.29) is 10.8 Å². The highest BCUT2D eigenvalue weighted by Crippen LogP contribution is 2.42. The van der Waals surface area contributed by atoms with E-state index in [9.17, 15) is 0 Å². The summed E-state index contributed by atoms with van der Waals surface area (Å²) in [4.78, 5) is 0. The average Bonchev–Trinajstić information content (AvgIpc) is 2.66. The quantitative estimate of drug-likeness (QED) is 0.516. The number of allylic oxidation sites excluding steroid dienone is 4. The first-order chi connectivity index (χ1) is 12.7. The average molecular weight is 361 g/mol. The van der Waals surface area contributed by atoms with Crippen molar-refractivity contribution in [3.63, 3.8) is 0 Å². The molecular formula is C27H36. The van der Waals surface area contributed by atoms with Gasteiger partial charge in [-0.2, -0.15) is 0 Å². The van der Waals surface area contributed by atoms with Gasteiger partial charge in [-0.25, -0.2) is 0 Å². The maximum absolute atomic E-state index is 4.44. The maximum atomic E-state index is 4.44. The van der Waals surface area contributed by atoms with E-state index in [0.29, 0.717) is 0 Å². The minimum absolute atomic E-state index is 0.0681. The summed E-state index contributed by atoms with van der Waals surface area (Å²) in [5.74, 6) is 0. The predicted octanol–water partition coefficient (Wildman–Crippen LogP) is 8.36. The summed E-state index contributed by atoms with van der Waals surface area (Å²) in [5.41, 5.74) is 6.70. The number of rotatable bonds is 3. The summed E-state index contributed by atoms with van der Waals surface area (Å²) >= 11 is 0. The second-order valence-electron chi connectivity index (χ2n) is 8.68. The molecule has 0 nitrogen and oxygen atoms in total. The number of hydrogen-bond acceptors (Lipinski definition) is 0. The highest BCUT2D eigenvalue weighted by Gasteiger charge is 2.28. The van der Waals surface area contributed by atoms with Crippen molar-refractivity contribution in [3.05, 3.63) is 77.9 Å². The molecule has 0 radical (unpaired) electrons. The lowest BCUT2D eigenvalue weighted by Crippen LogP contribution is -2.18. The smallest absolute Gasteiger partial charge is 0.00630 e. The van der Waals surface area contributed by atoms with Crippen molar-refractivity contribution in [1.29, 1.82) is 0 Å². The largest absolute Gasteiger partial charge is 0.0990 e. The van der Waals surface area contributed by atoms with E-state index >= 15 is 0 Å². The van der Waals surface area contributed by atoms with Crippen molar-refractivity contribution in [3.8, 4) is 0 Å². The zero-order chi connectivity index (χ0) is 20.4. The standard InChI is InChI=1S/C25H30.C2H6/c1-8-10-21-17(3)16-25(6,7)20-11-12-22-18(14-20)13-19(21)15-23(22)24(4,5)9-2;1-2/h8,10-15H,1,3,9,16H2,2,4-7H3;1-2H3/b21-10+;. The third-order valence-electron chi connectivity index (χ3n) is 5.98. The Bertz CT molecular complexity index is 888. The van der Waals surface area contributed by atoms with Gasteiger partial charge in [0.05, 0.1) is 0 Å². The molecule has 0 fully saturated rings. The predicted molar refractivity (Wildman–Crippen MR) is 124 cm³/mol. The molecule has 27 heavy (non-hydrogen) atoms. The molecule has 0 saturated heterocycles. The van der Waals surface area contributed by atoms with Crippen LogP contribution in [0.2, 0.25) is 0 Å². The zero-order valence-corrected chi connectivity index (χ0v) is 18.4. The molecule has 3 rings (SSSR count). The Hall–Kier alpha value is -2.08. The third-order valence-corrected chi connectivity index (χ3v) is 5.98. The van der Waals surface area contributed by atoms with Crippen molar-refractivity contribution in [2.45, 2.75) is 72.1 Å². The van der Waals surface area contributed by atoms with Gasteiger partial charge in [-0.3, -0.25) is 0 Å². The van der Waals surface area contributed by atoms with Crippen LogP contribution >= 0.6 is 0 Å². The molecule has 0 N–H and O–H groups in total. The van der Waals surface area contributed by atoms with Crippen LogP contribution in [-0.4, -0.2) is 0 Å². The fourth-order valence-electron chi connectivity index (χ4n) is 3.96. The first-order valence-electron chi connectivity index (χ1n) is 10.3. The van der Waals surface area contributed by atoms with Gasteiger partial charge in [0.1, 0.15) is 0 Å². The van der Waals surface area contributed by atoms with Gasteiger partial charge in [0.25, 0.3) is 0 Å². The first kappa shape index (κ1) is 21.2. The van der Waals surface area contributed by atoms with Gasteiger partial charge in [0.2, 0.25) is 0 Å². The Morgan fingerprint density at radius 3 is 2.37 bits per heavy atom. The van der Waals surface area contributed by atoms with Crippen LogP contribution < -0.4 is 0 Å². The fraction of sp³-hybridized carbons (Fsp3) is 0.407. The van der Waals surface area contributed by atoms with Gasteiger partial charge in [-0.15, -0.1) is 0 Å². The van der Waals surface area contributed by atoms with E-state index in [4.69, 9.17) is 0 Å². The van der Waals surface area contributed by atoms with Gasteiger partial charge in [-0.1, -0.05) is 92.0 Å². The molecule has 0 heterocycles. The summed E-state index contributed by atoms with van der Waals surface area (Å²) in [5, 5.41) is 2.71. The summed E-state index contributed by atoms with van der Waals surface area (Å²) in [6.07, 6.45) is 6.06. The molecule has 144 valence electrons. The molecule has 1 aliphatic rings. The molecule has 2 aromatic carbocycles. The molecule has 0 amide bonds. The Kier molecular flexibility index (Phi) is 6.20. The van der Waals surface area contributed by atoms with Crippen molar-refractivity contribution < 1.29 is 0 Å². The minimum atomic E-state index is 0.0681. The second-order valence-corrected chi connectivity index (χ2v) is 8.68. The third kappa shape index (κ3) is 3.95. The highest BCUT2D eigenvalue weighted by atomic mass is 14.3. The number of benzene rings is 2. The van der Waals surface area contributed by atoms with Crippen molar-refractivity contribution in [2.75, 3.05) is 0 Å². The Morgan fingerprint density at radius 1 is 1.11 bits per heavy atom. The molecule has 0 atom stereocenters. The molecule has 0 aliphatic heterocycles. The Labute approximate surface area is 166 Å². The van der Waals surface area contributed by atoms with Crippen molar-refractivity contribution in [1.82, 2.24) is 0 Å². The van der Waals surface area contributed by atoms with Crippen LogP contribution in [-0.2, 0) is 10.8 Å². The van der Waals surface area contributed by atoms with Crippen LogP contribution in [0.4, 0.5) is 0 Å². The van der Waals surface area contributed by atoms with E-state index in [1.807, 2.05) is 19.9 Å². The van der Waals surface area contributed by atoms with E-state index in [0.717, 1.165) is 12.8 Å². The molecule has 0 heteroatoms. The minimum Gasteiger partial charge on any atom is -0.0990 e. The molecule has 2 aromatic rings. The van der Waals surface area contributed by atoms with Crippen LogP contribution in [0.15, 0.2) is 61.2 Å². The van der Waals surface area contributed by atoms with Gasteiger partial charge >= 0.3 is 0 Å². The highest BCUT2D eigenvalue weighted by molar-refractivity contribution is 5.93. The van der Waals surface area contributed by atoms with E-state index in [1.165, 1.54) is 38.6 Å². The lowest BCUT2D eigenvalue weighted by atomic mass is 9.77. The molecule has 3 bridgehead atoms. The first-order valence-corrected chi connectivity index (χ1v) is 10.3. The van der Waals surface area contributed by atoms with Gasteiger partial charge in [-0.05, 0) is 74.4 Å². The number of fused-ring (bicyclic) bond motifs is 2. The van der Waals surface area contributed by atoms with Gasteiger partial charge in [0, 0.05) is 0 Å². The summed E-state index contributed by atoms with van der Waals surface area (Å²) < 4.78 is 0. The van der Waals surface area contributed by atoms with E-state index < -0.39 is 0 Å². The van der Waals surface area contributed by atoms with Gasteiger partial charge < -0.3 is 0 Å². The zero-order valence-electron chi connectivity index (χ0n) is 18.4. The fourth-order valence-corrected chi connectivity index (χ4v) is 3.96. The van der Waals surface area contributed by atoms with E-state index in [1.54, 1.807) is 0 Å². The lowest BCUT2D eigenvalue weighted by Gasteiger charge is -2.27. The molecule has 0 saturated carbocycles. The molecule has 1 aliphatic carbocycles. The summed E-state index contributed by atoms with van der Waals surface area (Å²) in [6, 6.07) is 11.7. The second kappa shape index (κ2) is 7.89. The topological polar surface area (TPSA) is 0 Å². The van der Waals surface area contributed by atoms with Crippen LogP contribution in [0.25, 0.3) is 16.3 Å². The van der Waals surface area contributed by atoms with Crippen molar-refractivity contribution >= 4 is 16.3 Å².